The smallest absolute Gasteiger partial charge is 0.265 e. The van der Waals surface area contributed by atoms with Crippen molar-refractivity contribution in [2.45, 2.75) is 6.61 Å². The number of rotatable bonds is 3. The van der Waals surface area contributed by atoms with Gasteiger partial charge in [-0.25, -0.2) is 9.97 Å². The average molecular weight is 337 g/mol. The van der Waals surface area contributed by atoms with Crippen molar-refractivity contribution >= 4 is 38.9 Å². The molecule has 0 spiro atoms. The van der Waals surface area contributed by atoms with Gasteiger partial charge in [0.2, 0.25) is 0 Å². The maximum Gasteiger partial charge on any atom is 0.265 e. The SMILES string of the molecule is COCc1nc(-c2ncc(Cl)s2)[nH]c(=O)c1Br. The monoisotopic (exact) mass is 335 g/mol. The molecule has 17 heavy (non-hydrogen) atoms. The standard InChI is InChI=1S/C9H7BrClN3O2S/c1-16-3-4-6(10)8(15)14-7(13-4)9-12-2-5(11)17-9/h2H,3H2,1H3,(H,13,14,15). The molecule has 0 fully saturated rings. The second kappa shape index (κ2) is 5.26. The van der Waals surface area contributed by atoms with Gasteiger partial charge in [0, 0.05) is 7.11 Å². The number of thiazole rings is 1. The summed E-state index contributed by atoms with van der Waals surface area (Å²) < 4.78 is 5.88. The van der Waals surface area contributed by atoms with Crippen LogP contribution in [0.4, 0.5) is 0 Å². The van der Waals surface area contributed by atoms with E-state index in [1.807, 2.05) is 0 Å². The van der Waals surface area contributed by atoms with Gasteiger partial charge in [0.25, 0.3) is 5.56 Å². The van der Waals surface area contributed by atoms with Gasteiger partial charge in [-0.3, -0.25) is 4.79 Å². The van der Waals surface area contributed by atoms with E-state index in [9.17, 15) is 4.79 Å². The molecule has 0 saturated carbocycles. The van der Waals surface area contributed by atoms with E-state index in [1.54, 1.807) is 0 Å². The average Bonchev–Trinajstić information content (AvgIpc) is 2.71. The zero-order valence-electron chi connectivity index (χ0n) is 8.66. The zero-order valence-corrected chi connectivity index (χ0v) is 11.8. The molecule has 0 aliphatic carbocycles. The summed E-state index contributed by atoms with van der Waals surface area (Å²) in [7, 11) is 1.54. The normalized spacial score (nSPS) is 10.8. The molecule has 0 aliphatic rings. The van der Waals surface area contributed by atoms with Crippen molar-refractivity contribution < 1.29 is 4.74 Å². The maximum atomic E-state index is 11.7. The Bertz CT molecular complexity index is 598. The van der Waals surface area contributed by atoms with Crippen LogP contribution in [0, 0.1) is 0 Å². The van der Waals surface area contributed by atoms with E-state index in [1.165, 1.54) is 24.6 Å². The van der Waals surface area contributed by atoms with Crippen molar-refractivity contribution in [3.8, 4) is 10.8 Å². The molecule has 90 valence electrons. The van der Waals surface area contributed by atoms with Gasteiger partial charge in [0.15, 0.2) is 10.8 Å². The number of halogens is 2. The lowest BCUT2D eigenvalue weighted by molar-refractivity contribution is 0.180. The molecule has 0 atom stereocenters. The first-order valence-electron chi connectivity index (χ1n) is 4.51. The largest absolute Gasteiger partial charge is 0.378 e. The quantitative estimate of drug-likeness (QED) is 0.935. The van der Waals surface area contributed by atoms with Crippen LogP contribution in [0.2, 0.25) is 4.34 Å². The van der Waals surface area contributed by atoms with Crippen molar-refractivity contribution in [3.63, 3.8) is 0 Å². The molecular formula is C9H7BrClN3O2S. The molecule has 2 aromatic rings. The summed E-state index contributed by atoms with van der Waals surface area (Å²) >= 11 is 10.2. The molecule has 0 unspecified atom stereocenters. The molecule has 0 aliphatic heterocycles. The van der Waals surface area contributed by atoms with Crippen LogP contribution in [-0.2, 0) is 11.3 Å². The third kappa shape index (κ3) is 2.74. The van der Waals surface area contributed by atoms with Gasteiger partial charge in [0.05, 0.1) is 18.5 Å². The van der Waals surface area contributed by atoms with E-state index < -0.39 is 0 Å². The third-order valence-electron chi connectivity index (χ3n) is 1.89. The van der Waals surface area contributed by atoms with Crippen LogP contribution in [-0.4, -0.2) is 22.1 Å². The Morgan fingerprint density at radius 1 is 1.65 bits per heavy atom. The highest BCUT2D eigenvalue weighted by atomic mass is 79.9. The first kappa shape index (κ1) is 12.7. The van der Waals surface area contributed by atoms with Crippen LogP contribution in [0.15, 0.2) is 15.5 Å². The van der Waals surface area contributed by atoms with Crippen LogP contribution < -0.4 is 5.56 Å². The predicted octanol–water partition coefficient (Wildman–Crippen LogP) is 2.46. The van der Waals surface area contributed by atoms with Crippen molar-refractivity contribution in [3.05, 3.63) is 31.1 Å². The molecule has 8 heteroatoms. The van der Waals surface area contributed by atoms with E-state index in [0.29, 0.717) is 25.3 Å². The van der Waals surface area contributed by atoms with E-state index >= 15 is 0 Å². The number of aromatic amines is 1. The van der Waals surface area contributed by atoms with E-state index in [2.05, 4.69) is 30.9 Å². The Morgan fingerprint density at radius 2 is 2.41 bits per heavy atom. The van der Waals surface area contributed by atoms with Crippen LogP contribution in [0.25, 0.3) is 10.8 Å². The van der Waals surface area contributed by atoms with Gasteiger partial charge in [-0.2, -0.15) is 0 Å². The van der Waals surface area contributed by atoms with Gasteiger partial charge in [0.1, 0.15) is 8.81 Å². The molecule has 2 heterocycles. The lowest BCUT2D eigenvalue weighted by atomic mass is 10.4. The minimum atomic E-state index is -0.270. The summed E-state index contributed by atoms with van der Waals surface area (Å²) in [6, 6.07) is 0. The van der Waals surface area contributed by atoms with Crippen molar-refractivity contribution in [2.75, 3.05) is 7.11 Å². The lowest BCUT2D eigenvalue weighted by Gasteiger charge is -2.03. The number of methoxy groups -OCH3 is 1. The van der Waals surface area contributed by atoms with Gasteiger partial charge < -0.3 is 9.72 Å². The highest BCUT2D eigenvalue weighted by molar-refractivity contribution is 9.10. The minimum Gasteiger partial charge on any atom is -0.378 e. The number of nitrogens with zero attached hydrogens (tertiary/aromatic N) is 2. The Kier molecular flexibility index (Phi) is 3.93. The molecular weight excluding hydrogens is 330 g/mol. The number of aromatic nitrogens is 3. The predicted molar refractivity (Wildman–Crippen MR) is 69.4 cm³/mol. The Morgan fingerprint density at radius 3 is 3.00 bits per heavy atom. The summed E-state index contributed by atoms with van der Waals surface area (Å²) in [6.45, 7) is 0.247. The fourth-order valence-corrected chi connectivity index (χ4v) is 2.36. The number of H-pyrrole nitrogens is 1. The van der Waals surface area contributed by atoms with E-state index in [4.69, 9.17) is 16.3 Å². The minimum absolute atomic E-state index is 0.247. The van der Waals surface area contributed by atoms with Crippen LogP contribution in [0.3, 0.4) is 0 Å². The third-order valence-corrected chi connectivity index (χ3v) is 3.83. The maximum absolute atomic E-state index is 11.7. The molecule has 2 rings (SSSR count). The first-order valence-corrected chi connectivity index (χ1v) is 6.50. The molecule has 0 aromatic carbocycles. The van der Waals surface area contributed by atoms with Crippen molar-refractivity contribution in [2.24, 2.45) is 0 Å². The highest BCUT2D eigenvalue weighted by Gasteiger charge is 2.12. The fraction of sp³-hybridized carbons (Fsp3) is 0.222. The topological polar surface area (TPSA) is 67.9 Å². The van der Waals surface area contributed by atoms with Gasteiger partial charge in [-0.1, -0.05) is 22.9 Å². The Hall–Kier alpha value is -0.760. The molecule has 0 radical (unpaired) electrons. The van der Waals surface area contributed by atoms with E-state index in [-0.39, 0.29) is 12.2 Å². The van der Waals surface area contributed by atoms with Crippen LogP contribution in [0.5, 0.6) is 0 Å². The second-order valence-corrected chi connectivity index (χ2v) is 5.53. The van der Waals surface area contributed by atoms with E-state index in [0.717, 1.165) is 0 Å². The summed E-state index contributed by atoms with van der Waals surface area (Å²) in [5.41, 5.74) is 0.256. The second-order valence-electron chi connectivity index (χ2n) is 3.08. The van der Waals surface area contributed by atoms with Gasteiger partial charge in [-0.15, -0.1) is 0 Å². The summed E-state index contributed by atoms with van der Waals surface area (Å²) in [4.78, 5) is 22.6. The van der Waals surface area contributed by atoms with Gasteiger partial charge >= 0.3 is 0 Å². The van der Waals surface area contributed by atoms with Crippen molar-refractivity contribution in [1.29, 1.82) is 0 Å². The van der Waals surface area contributed by atoms with Crippen LogP contribution >= 0.6 is 38.9 Å². The summed E-state index contributed by atoms with van der Waals surface area (Å²) in [6.07, 6.45) is 1.51. The molecule has 5 nitrogen and oxygen atoms in total. The molecule has 0 amide bonds. The molecule has 2 aromatic heterocycles. The van der Waals surface area contributed by atoms with Gasteiger partial charge in [-0.05, 0) is 15.9 Å². The fourth-order valence-electron chi connectivity index (χ4n) is 1.20. The molecule has 0 bridgehead atoms. The number of hydrogen-bond acceptors (Lipinski definition) is 5. The molecule has 0 saturated heterocycles. The highest BCUT2D eigenvalue weighted by Crippen LogP contribution is 2.25. The Labute approximate surface area is 114 Å². The number of hydrogen-bond donors (Lipinski definition) is 1. The summed E-state index contributed by atoms with van der Waals surface area (Å²) in [5, 5.41) is 0.567. The van der Waals surface area contributed by atoms with Crippen LogP contribution in [0.1, 0.15) is 5.69 Å². The van der Waals surface area contributed by atoms with Crippen molar-refractivity contribution in [1.82, 2.24) is 15.0 Å². The summed E-state index contributed by atoms with van der Waals surface area (Å²) in [5.74, 6) is 0.391. The zero-order chi connectivity index (χ0) is 12.4. The molecule has 1 N–H and O–H groups in total. The number of ether oxygens (including phenoxy) is 1. The lowest BCUT2D eigenvalue weighted by Crippen LogP contribution is -2.14. The first-order chi connectivity index (χ1) is 8.11. The Balaban J connectivity index is 2.52. The number of nitrogens with one attached hydrogen (secondary N) is 1.